The Balaban J connectivity index is 0.000000253. The van der Waals surface area contributed by atoms with E-state index >= 15 is 0 Å². The number of aryl methyl sites for hydroxylation is 1. The fourth-order valence-electron chi connectivity index (χ4n) is 2.71. The van der Waals surface area contributed by atoms with Crippen LogP contribution < -0.4 is 9.46 Å². The van der Waals surface area contributed by atoms with Crippen LogP contribution in [-0.4, -0.2) is 31.8 Å². The summed E-state index contributed by atoms with van der Waals surface area (Å²) in [7, 11) is -1.44. The number of sulfonamides is 1. The minimum absolute atomic E-state index is 0.340. The molecule has 2 heterocycles. The molecule has 3 aromatic rings. The maximum absolute atomic E-state index is 9.97. The van der Waals surface area contributed by atoms with E-state index in [1.165, 1.54) is 22.5 Å². The molecule has 1 N–H and O–H groups in total. The zero-order chi connectivity index (χ0) is 19.4. The topological polar surface area (TPSA) is 77.4 Å². The van der Waals surface area contributed by atoms with Gasteiger partial charge in [-0.2, -0.15) is 0 Å². The first kappa shape index (κ1) is 18.7. The highest BCUT2D eigenvalue weighted by atomic mass is 32.2. The number of carbonyl (C=O) groups excluding carboxylic acids is 1. The largest absolute Gasteiger partial charge is 0.497 e. The van der Waals surface area contributed by atoms with Crippen molar-refractivity contribution in [1.29, 1.82) is 0 Å². The van der Waals surface area contributed by atoms with Gasteiger partial charge in [0.05, 0.1) is 12.8 Å². The molecule has 0 spiro atoms. The normalized spacial score (nSPS) is 14.4. The molecule has 0 radical (unpaired) electrons. The summed E-state index contributed by atoms with van der Waals surface area (Å²) in [4.78, 5) is 9.82. The van der Waals surface area contributed by atoms with Gasteiger partial charge in [0.2, 0.25) is 10.0 Å². The number of nitrogens with one attached hydrogen (secondary N) is 1. The fourth-order valence-corrected chi connectivity index (χ4v) is 3.38. The van der Waals surface area contributed by atoms with Gasteiger partial charge in [-0.15, -0.1) is 0 Å². The number of carbonyl (C=O) groups is 1. The number of ether oxygens (including phenoxy) is 1. The van der Waals surface area contributed by atoms with Crippen molar-refractivity contribution in [2.45, 2.75) is 6.92 Å². The van der Waals surface area contributed by atoms with Crippen LogP contribution in [0.25, 0.3) is 16.9 Å². The van der Waals surface area contributed by atoms with Gasteiger partial charge in [-0.3, -0.25) is 9.52 Å². The Morgan fingerprint density at radius 3 is 2.15 bits per heavy atom. The third-order valence-electron chi connectivity index (χ3n) is 3.97. The second-order valence-electron chi connectivity index (χ2n) is 6.12. The van der Waals surface area contributed by atoms with Crippen LogP contribution in [0.2, 0.25) is 0 Å². The fraction of sp³-hybridized carbons (Fsp3) is 0.150. The van der Waals surface area contributed by atoms with Crippen LogP contribution in [-0.2, 0) is 14.8 Å². The minimum Gasteiger partial charge on any atom is -0.497 e. The maximum Gasteiger partial charge on any atom is 0.250 e. The molecule has 7 heteroatoms. The number of nitrogens with zero attached hydrogens (tertiary/aromatic N) is 1. The van der Waals surface area contributed by atoms with E-state index in [0.717, 1.165) is 5.75 Å². The van der Waals surface area contributed by atoms with Gasteiger partial charge in [0.1, 0.15) is 11.5 Å². The van der Waals surface area contributed by atoms with Crippen LogP contribution in [0.5, 0.6) is 5.75 Å². The SMILES string of the molecule is COc1ccc(-c2cc(C)cn2-c2ccccc2)cc1.O=C1CS(=O)(=O)N1. The Hall–Kier alpha value is -3.06. The summed E-state index contributed by atoms with van der Waals surface area (Å²) in [6, 6.07) is 20.8. The molecule has 6 nitrogen and oxygen atoms in total. The molecule has 1 aromatic heterocycles. The van der Waals surface area contributed by atoms with Gasteiger partial charge < -0.3 is 9.30 Å². The maximum atomic E-state index is 9.97. The van der Waals surface area contributed by atoms with Crippen LogP contribution in [0.3, 0.4) is 0 Å². The van der Waals surface area contributed by atoms with Gasteiger partial charge in [0.15, 0.2) is 0 Å². The van der Waals surface area contributed by atoms with Crippen molar-refractivity contribution in [2.24, 2.45) is 0 Å². The molecule has 1 saturated heterocycles. The van der Waals surface area contributed by atoms with Crippen molar-refractivity contribution in [3.05, 3.63) is 72.4 Å². The number of para-hydroxylation sites is 1. The predicted molar refractivity (Wildman–Crippen MR) is 104 cm³/mol. The highest BCUT2D eigenvalue weighted by Gasteiger charge is 2.28. The van der Waals surface area contributed by atoms with Gasteiger partial charge in [-0.05, 0) is 60.5 Å². The monoisotopic (exact) mass is 384 g/mol. The number of hydrogen-bond acceptors (Lipinski definition) is 4. The third-order valence-corrected chi connectivity index (χ3v) is 5.15. The van der Waals surface area contributed by atoms with Crippen molar-refractivity contribution < 1.29 is 17.9 Å². The summed E-state index contributed by atoms with van der Waals surface area (Å²) in [5.41, 5.74) is 4.80. The average molecular weight is 384 g/mol. The Morgan fingerprint density at radius 2 is 1.67 bits per heavy atom. The molecular formula is C20H20N2O4S. The molecule has 27 heavy (non-hydrogen) atoms. The third kappa shape index (κ3) is 4.57. The standard InChI is InChI=1S/C18H17NO.C2H3NO3S/c1-14-12-18(15-8-10-17(20-2)11-9-15)19(13-14)16-6-4-3-5-7-16;4-2-1-7(5,6)3-2/h3-13H,1-2H3;1H2,(H,3,4). The molecular weight excluding hydrogens is 364 g/mol. The Kier molecular flexibility index (Phi) is 5.32. The summed E-state index contributed by atoms with van der Waals surface area (Å²) in [5, 5.41) is 0. The quantitative estimate of drug-likeness (QED) is 0.753. The van der Waals surface area contributed by atoms with E-state index in [2.05, 4.69) is 60.2 Å². The number of amides is 1. The molecule has 0 atom stereocenters. The van der Waals surface area contributed by atoms with Gasteiger partial charge in [-0.1, -0.05) is 18.2 Å². The summed E-state index contributed by atoms with van der Waals surface area (Å²) in [6.07, 6.45) is 2.16. The second-order valence-corrected chi connectivity index (χ2v) is 7.84. The Labute approximate surface area is 158 Å². The summed E-state index contributed by atoms with van der Waals surface area (Å²) in [6.45, 7) is 2.12. The van der Waals surface area contributed by atoms with Crippen molar-refractivity contribution in [2.75, 3.05) is 12.9 Å². The molecule has 4 rings (SSSR count). The second kappa shape index (κ2) is 7.67. The lowest BCUT2D eigenvalue weighted by Crippen LogP contribution is -2.48. The summed E-state index contributed by atoms with van der Waals surface area (Å²) >= 11 is 0. The van der Waals surface area contributed by atoms with Gasteiger partial charge >= 0.3 is 0 Å². The molecule has 1 amide bonds. The van der Waals surface area contributed by atoms with E-state index in [0.29, 0.717) is 0 Å². The van der Waals surface area contributed by atoms with E-state index in [1.54, 1.807) is 11.8 Å². The highest BCUT2D eigenvalue weighted by molar-refractivity contribution is 7.93. The first-order valence-corrected chi connectivity index (χ1v) is 9.95. The zero-order valence-corrected chi connectivity index (χ0v) is 15.9. The number of methoxy groups -OCH3 is 1. The molecule has 0 unspecified atom stereocenters. The highest BCUT2D eigenvalue weighted by Crippen LogP contribution is 2.27. The number of benzene rings is 2. The molecule has 0 aliphatic carbocycles. The minimum atomic E-state index is -3.13. The molecule has 1 aliphatic heterocycles. The number of rotatable bonds is 3. The lowest BCUT2D eigenvalue weighted by molar-refractivity contribution is -0.118. The predicted octanol–water partition coefficient (Wildman–Crippen LogP) is 2.91. The first-order valence-electron chi connectivity index (χ1n) is 8.30. The average Bonchev–Trinajstić information content (AvgIpc) is 3.03. The van der Waals surface area contributed by atoms with E-state index in [4.69, 9.17) is 4.74 Å². The molecule has 1 aliphatic rings. The molecule has 140 valence electrons. The first-order chi connectivity index (χ1) is 12.9. The van der Waals surface area contributed by atoms with Crippen LogP contribution in [0.1, 0.15) is 5.56 Å². The lowest BCUT2D eigenvalue weighted by Gasteiger charge is -2.11. The lowest BCUT2D eigenvalue weighted by atomic mass is 10.1. The smallest absolute Gasteiger partial charge is 0.250 e. The van der Waals surface area contributed by atoms with Crippen LogP contribution in [0, 0.1) is 6.92 Å². The van der Waals surface area contributed by atoms with E-state index < -0.39 is 15.9 Å². The number of hydrogen-bond donors (Lipinski definition) is 1. The van der Waals surface area contributed by atoms with Gasteiger partial charge in [0, 0.05) is 11.9 Å². The molecule has 0 saturated carbocycles. The Bertz CT molecular complexity index is 1030. The molecule has 0 bridgehead atoms. The van der Waals surface area contributed by atoms with E-state index in [9.17, 15) is 13.2 Å². The Morgan fingerprint density at radius 1 is 1.04 bits per heavy atom. The summed E-state index contributed by atoms with van der Waals surface area (Å²) in [5.74, 6) is 0.121. The van der Waals surface area contributed by atoms with Crippen molar-refractivity contribution in [3.63, 3.8) is 0 Å². The van der Waals surface area contributed by atoms with E-state index in [1.807, 2.05) is 18.2 Å². The molecule has 1 fully saturated rings. The van der Waals surface area contributed by atoms with E-state index in [-0.39, 0.29) is 5.75 Å². The van der Waals surface area contributed by atoms with Crippen molar-refractivity contribution >= 4 is 15.9 Å². The summed E-state index contributed by atoms with van der Waals surface area (Å²) < 4.78 is 29.1. The zero-order valence-electron chi connectivity index (χ0n) is 15.0. The van der Waals surface area contributed by atoms with Gasteiger partial charge in [-0.25, -0.2) is 8.42 Å². The van der Waals surface area contributed by atoms with Crippen molar-refractivity contribution in [1.82, 2.24) is 9.29 Å². The van der Waals surface area contributed by atoms with Gasteiger partial charge in [0.25, 0.3) is 5.91 Å². The molecule has 2 aromatic carbocycles. The van der Waals surface area contributed by atoms with Crippen molar-refractivity contribution in [3.8, 4) is 22.7 Å². The van der Waals surface area contributed by atoms with Crippen LogP contribution >= 0.6 is 0 Å². The number of aromatic nitrogens is 1. The van der Waals surface area contributed by atoms with Crippen LogP contribution in [0.4, 0.5) is 0 Å². The van der Waals surface area contributed by atoms with Crippen LogP contribution in [0.15, 0.2) is 66.9 Å².